The third-order valence-electron chi connectivity index (χ3n) is 3.03. The summed E-state index contributed by atoms with van der Waals surface area (Å²) in [7, 11) is 0. The van der Waals surface area contributed by atoms with Crippen LogP contribution in [0, 0.1) is 0 Å². The van der Waals surface area contributed by atoms with E-state index in [4.69, 9.17) is 5.73 Å². The Balaban J connectivity index is 1.72. The first-order chi connectivity index (χ1) is 10.7. The summed E-state index contributed by atoms with van der Waals surface area (Å²) in [6.45, 7) is 0. The van der Waals surface area contributed by atoms with Crippen LogP contribution >= 0.6 is 0 Å². The lowest BCUT2D eigenvalue weighted by atomic mass is 10.2. The highest BCUT2D eigenvalue weighted by Gasteiger charge is 2.06. The number of hydrogen-bond acceptors (Lipinski definition) is 5. The van der Waals surface area contributed by atoms with Gasteiger partial charge in [0.2, 0.25) is 11.9 Å². The second-order valence-electron chi connectivity index (χ2n) is 4.71. The van der Waals surface area contributed by atoms with Crippen molar-refractivity contribution in [2.24, 2.45) is 5.73 Å². The monoisotopic (exact) mass is 294 g/mol. The highest BCUT2D eigenvalue weighted by molar-refractivity contribution is 5.93. The predicted molar refractivity (Wildman–Crippen MR) is 81.7 cm³/mol. The fraction of sp³-hybridized carbons (Fsp3) is 0.0667. The first kappa shape index (κ1) is 13.7. The molecule has 3 aromatic rings. The molecule has 2 aromatic heterocycles. The Labute approximate surface area is 126 Å². The van der Waals surface area contributed by atoms with Crippen LogP contribution in [0.1, 0.15) is 21.7 Å². The van der Waals surface area contributed by atoms with Crippen molar-refractivity contribution in [3.05, 3.63) is 65.7 Å². The van der Waals surface area contributed by atoms with E-state index in [1.54, 1.807) is 30.6 Å². The van der Waals surface area contributed by atoms with Gasteiger partial charge in [0, 0.05) is 30.1 Å². The lowest BCUT2D eigenvalue weighted by molar-refractivity contribution is 0.100. The predicted octanol–water partition coefficient (Wildman–Crippen LogP) is 1.63. The van der Waals surface area contributed by atoms with Crippen molar-refractivity contribution in [3.8, 4) is 0 Å². The number of aromatic amines is 1. The smallest absolute Gasteiger partial charge is 0.248 e. The molecule has 7 nitrogen and oxygen atoms in total. The summed E-state index contributed by atoms with van der Waals surface area (Å²) in [5.41, 5.74) is 7.42. The Kier molecular flexibility index (Phi) is 3.78. The SMILES string of the molecule is NC(=O)c1cccc(Nc2n[nH]c(Cc3cccnc3)n2)c1. The van der Waals surface area contributed by atoms with Gasteiger partial charge in [0.05, 0.1) is 0 Å². The van der Waals surface area contributed by atoms with Gasteiger partial charge < -0.3 is 11.1 Å². The van der Waals surface area contributed by atoms with Crippen molar-refractivity contribution in [2.75, 3.05) is 5.32 Å². The normalized spacial score (nSPS) is 10.4. The number of hydrogen-bond donors (Lipinski definition) is 3. The van der Waals surface area contributed by atoms with Crippen molar-refractivity contribution >= 4 is 17.5 Å². The quantitative estimate of drug-likeness (QED) is 0.662. The molecule has 0 saturated heterocycles. The number of nitrogens with zero attached hydrogens (tertiary/aromatic N) is 3. The number of amides is 1. The number of anilines is 2. The maximum Gasteiger partial charge on any atom is 0.248 e. The molecule has 0 bridgehead atoms. The summed E-state index contributed by atoms with van der Waals surface area (Å²) in [6.07, 6.45) is 4.12. The van der Waals surface area contributed by atoms with Crippen molar-refractivity contribution in [2.45, 2.75) is 6.42 Å². The van der Waals surface area contributed by atoms with E-state index < -0.39 is 5.91 Å². The van der Waals surface area contributed by atoms with Crippen molar-refractivity contribution in [3.63, 3.8) is 0 Å². The summed E-state index contributed by atoms with van der Waals surface area (Å²) in [4.78, 5) is 19.6. The number of H-pyrrole nitrogens is 1. The second kappa shape index (κ2) is 6.04. The molecule has 110 valence electrons. The van der Waals surface area contributed by atoms with Gasteiger partial charge in [-0.25, -0.2) is 0 Å². The zero-order valence-electron chi connectivity index (χ0n) is 11.7. The van der Waals surface area contributed by atoms with Crippen molar-refractivity contribution in [1.29, 1.82) is 0 Å². The fourth-order valence-electron chi connectivity index (χ4n) is 2.01. The molecule has 0 aliphatic rings. The van der Waals surface area contributed by atoms with Crippen LogP contribution in [-0.2, 0) is 6.42 Å². The summed E-state index contributed by atoms with van der Waals surface area (Å²) in [5, 5.41) is 10.00. The zero-order valence-corrected chi connectivity index (χ0v) is 11.7. The van der Waals surface area contributed by atoms with E-state index in [-0.39, 0.29) is 0 Å². The number of carbonyl (C=O) groups is 1. The number of primary amides is 1. The fourth-order valence-corrected chi connectivity index (χ4v) is 2.01. The number of nitrogens with one attached hydrogen (secondary N) is 2. The van der Waals surface area contributed by atoms with E-state index in [2.05, 4.69) is 25.5 Å². The lowest BCUT2D eigenvalue weighted by Gasteiger charge is -2.02. The highest BCUT2D eigenvalue weighted by Crippen LogP contribution is 2.15. The molecule has 0 spiro atoms. The summed E-state index contributed by atoms with van der Waals surface area (Å²) >= 11 is 0. The van der Waals surface area contributed by atoms with Crippen LogP contribution in [0.5, 0.6) is 0 Å². The highest BCUT2D eigenvalue weighted by atomic mass is 16.1. The minimum atomic E-state index is -0.476. The molecule has 0 fully saturated rings. The molecule has 3 rings (SSSR count). The van der Waals surface area contributed by atoms with Crippen LogP contribution < -0.4 is 11.1 Å². The molecule has 22 heavy (non-hydrogen) atoms. The van der Waals surface area contributed by atoms with Crippen molar-refractivity contribution in [1.82, 2.24) is 20.2 Å². The molecule has 7 heteroatoms. The van der Waals surface area contributed by atoms with E-state index in [0.29, 0.717) is 23.6 Å². The number of benzene rings is 1. The van der Waals surface area contributed by atoms with Crippen LogP contribution in [0.2, 0.25) is 0 Å². The van der Waals surface area contributed by atoms with Gasteiger partial charge in [-0.15, -0.1) is 5.10 Å². The molecular weight excluding hydrogens is 280 g/mol. The topological polar surface area (TPSA) is 110 Å². The molecule has 4 N–H and O–H groups in total. The molecule has 0 radical (unpaired) electrons. The Morgan fingerprint density at radius 2 is 2.18 bits per heavy atom. The van der Waals surface area contributed by atoms with Gasteiger partial charge in [0.15, 0.2) is 0 Å². The second-order valence-corrected chi connectivity index (χ2v) is 4.71. The molecule has 0 unspecified atom stereocenters. The minimum absolute atomic E-state index is 0.427. The number of pyridine rings is 1. The van der Waals surface area contributed by atoms with Crippen LogP contribution in [-0.4, -0.2) is 26.1 Å². The Morgan fingerprint density at radius 3 is 2.95 bits per heavy atom. The average Bonchev–Trinajstić information content (AvgIpc) is 2.95. The third kappa shape index (κ3) is 3.26. The third-order valence-corrected chi connectivity index (χ3v) is 3.03. The number of rotatable bonds is 5. The van der Waals surface area contributed by atoms with Gasteiger partial charge in [-0.2, -0.15) is 4.98 Å². The first-order valence-electron chi connectivity index (χ1n) is 6.68. The van der Waals surface area contributed by atoms with Gasteiger partial charge in [0.25, 0.3) is 0 Å². The van der Waals surface area contributed by atoms with Gasteiger partial charge in [-0.3, -0.25) is 14.9 Å². The molecule has 2 heterocycles. The van der Waals surface area contributed by atoms with Crippen LogP contribution in [0.4, 0.5) is 11.6 Å². The molecule has 1 amide bonds. The van der Waals surface area contributed by atoms with E-state index in [9.17, 15) is 4.79 Å². The first-order valence-corrected chi connectivity index (χ1v) is 6.68. The van der Waals surface area contributed by atoms with E-state index in [1.807, 2.05) is 18.2 Å². The molecular formula is C15H14N6O. The number of carbonyl (C=O) groups excluding carboxylic acids is 1. The van der Waals surface area contributed by atoms with Crippen molar-refractivity contribution < 1.29 is 4.79 Å². The van der Waals surface area contributed by atoms with Crippen LogP contribution in [0.15, 0.2) is 48.8 Å². The van der Waals surface area contributed by atoms with Gasteiger partial charge in [-0.1, -0.05) is 12.1 Å². The Bertz CT molecular complexity index is 783. The average molecular weight is 294 g/mol. The largest absolute Gasteiger partial charge is 0.366 e. The van der Waals surface area contributed by atoms with E-state index in [1.165, 1.54) is 0 Å². The number of nitrogens with two attached hydrogens (primary N) is 1. The van der Waals surface area contributed by atoms with Gasteiger partial charge >= 0.3 is 0 Å². The van der Waals surface area contributed by atoms with Gasteiger partial charge in [-0.05, 0) is 29.8 Å². The zero-order chi connectivity index (χ0) is 15.4. The Morgan fingerprint density at radius 1 is 1.27 bits per heavy atom. The molecule has 0 atom stereocenters. The Hall–Kier alpha value is -3.22. The van der Waals surface area contributed by atoms with E-state index >= 15 is 0 Å². The molecule has 0 saturated carbocycles. The van der Waals surface area contributed by atoms with E-state index in [0.717, 1.165) is 11.4 Å². The van der Waals surface area contributed by atoms with Crippen LogP contribution in [0.25, 0.3) is 0 Å². The minimum Gasteiger partial charge on any atom is -0.366 e. The lowest BCUT2D eigenvalue weighted by Crippen LogP contribution is -2.10. The summed E-state index contributed by atoms with van der Waals surface area (Å²) in [6, 6.07) is 10.7. The van der Waals surface area contributed by atoms with Crippen LogP contribution in [0.3, 0.4) is 0 Å². The molecule has 0 aliphatic carbocycles. The maximum atomic E-state index is 11.2. The summed E-state index contributed by atoms with van der Waals surface area (Å²) < 4.78 is 0. The van der Waals surface area contributed by atoms with Gasteiger partial charge in [0.1, 0.15) is 5.82 Å². The standard InChI is InChI=1S/C15H14N6O/c16-14(22)11-4-1-5-12(8-11)18-15-19-13(20-21-15)7-10-3-2-6-17-9-10/h1-6,8-9H,7H2,(H2,16,22)(H2,18,19,20,21). The summed E-state index contributed by atoms with van der Waals surface area (Å²) in [5.74, 6) is 0.679. The maximum absolute atomic E-state index is 11.2. The molecule has 1 aromatic carbocycles. The number of aromatic nitrogens is 4. The molecule has 0 aliphatic heterocycles.